The Balaban J connectivity index is 2.96. The molecule has 0 aromatic carbocycles. The topological polar surface area (TPSA) is 109 Å². The van der Waals surface area contributed by atoms with Gasteiger partial charge >= 0.3 is 11.8 Å². The van der Waals surface area contributed by atoms with Gasteiger partial charge in [0.2, 0.25) is 5.69 Å². The Morgan fingerprint density at radius 2 is 2.40 bits per heavy atom. The molecule has 15 heavy (non-hydrogen) atoms. The molecule has 7 heteroatoms. The molecule has 0 atom stereocenters. The fraction of sp³-hybridized carbons (Fsp3) is 0.250. The van der Waals surface area contributed by atoms with Gasteiger partial charge in [0.15, 0.2) is 5.82 Å². The largest absolute Gasteiger partial charge is 0.481 e. The van der Waals surface area contributed by atoms with Gasteiger partial charge in [0.1, 0.15) is 6.42 Å². The van der Waals surface area contributed by atoms with Gasteiger partial charge < -0.3 is 15.2 Å². The van der Waals surface area contributed by atoms with E-state index in [-0.39, 0.29) is 17.9 Å². The highest BCUT2D eigenvalue weighted by Gasteiger charge is 2.15. The number of hydrogen-bond acceptors (Lipinski definition) is 4. The van der Waals surface area contributed by atoms with E-state index in [1.165, 1.54) is 0 Å². The van der Waals surface area contributed by atoms with Crippen LogP contribution >= 0.6 is 0 Å². The lowest BCUT2D eigenvalue weighted by atomic mass is 10.4. The number of aliphatic carboxylic acids is 1. The maximum atomic E-state index is 10.5. The van der Waals surface area contributed by atoms with Gasteiger partial charge in [-0.2, -0.15) is 4.98 Å². The van der Waals surface area contributed by atoms with E-state index >= 15 is 0 Å². The van der Waals surface area contributed by atoms with E-state index in [9.17, 15) is 14.9 Å². The molecule has 0 amide bonds. The zero-order valence-electron chi connectivity index (χ0n) is 7.77. The van der Waals surface area contributed by atoms with Gasteiger partial charge in [-0.25, -0.2) is 4.98 Å². The number of rotatable bonds is 2. The summed E-state index contributed by atoms with van der Waals surface area (Å²) in [5.74, 6) is 3.57. The second-order valence-corrected chi connectivity index (χ2v) is 2.65. The number of aromatic amines is 1. The van der Waals surface area contributed by atoms with E-state index in [0.717, 1.165) is 0 Å². The SMILES string of the molecule is Cc1nc(C#CCC(=O)O)c([N+](=O)[O-])[nH]1. The van der Waals surface area contributed by atoms with Crippen molar-refractivity contribution < 1.29 is 14.8 Å². The van der Waals surface area contributed by atoms with Crippen LogP contribution in [0.1, 0.15) is 17.9 Å². The van der Waals surface area contributed by atoms with Crippen LogP contribution in [0.15, 0.2) is 0 Å². The van der Waals surface area contributed by atoms with Crippen molar-refractivity contribution in [2.24, 2.45) is 0 Å². The van der Waals surface area contributed by atoms with Gasteiger partial charge in [-0.3, -0.25) is 4.79 Å². The Bertz CT molecular complexity index is 466. The summed E-state index contributed by atoms with van der Waals surface area (Å²) in [4.78, 5) is 26.2. The lowest BCUT2D eigenvalue weighted by Gasteiger charge is -1.88. The van der Waals surface area contributed by atoms with Gasteiger partial charge in [-0.05, 0) is 10.8 Å². The second kappa shape index (κ2) is 4.23. The molecule has 0 saturated carbocycles. The quantitative estimate of drug-likeness (QED) is 0.417. The summed E-state index contributed by atoms with van der Waals surface area (Å²) in [7, 11) is 0. The third kappa shape index (κ3) is 2.80. The first-order valence-corrected chi connectivity index (χ1v) is 3.92. The average Bonchev–Trinajstić information content (AvgIpc) is 2.46. The van der Waals surface area contributed by atoms with E-state index in [4.69, 9.17) is 5.11 Å². The first-order chi connectivity index (χ1) is 7.00. The third-order valence-electron chi connectivity index (χ3n) is 1.43. The van der Waals surface area contributed by atoms with Crippen LogP contribution in [0, 0.1) is 28.9 Å². The lowest BCUT2D eigenvalue weighted by molar-refractivity contribution is -0.389. The average molecular weight is 209 g/mol. The summed E-state index contributed by atoms with van der Waals surface area (Å²) in [6.07, 6.45) is -0.372. The molecule has 7 nitrogen and oxygen atoms in total. The van der Waals surface area contributed by atoms with Crippen LogP contribution in [0.2, 0.25) is 0 Å². The van der Waals surface area contributed by atoms with Gasteiger partial charge in [0.05, 0.1) is 0 Å². The van der Waals surface area contributed by atoms with Crippen LogP contribution in [0.4, 0.5) is 5.82 Å². The molecule has 0 aliphatic rings. The highest BCUT2D eigenvalue weighted by molar-refractivity contribution is 5.70. The molecule has 1 aromatic heterocycles. The number of H-pyrrole nitrogens is 1. The van der Waals surface area contributed by atoms with Crippen molar-refractivity contribution in [3.05, 3.63) is 21.6 Å². The van der Waals surface area contributed by atoms with E-state index in [1.54, 1.807) is 6.92 Å². The number of nitrogens with zero attached hydrogens (tertiary/aromatic N) is 2. The Hall–Kier alpha value is -2.36. The van der Waals surface area contributed by atoms with Crippen LogP contribution in [0.3, 0.4) is 0 Å². The van der Waals surface area contributed by atoms with Gasteiger partial charge in [-0.15, -0.1) is 0 Å². The molecular formula is C8H7N3O4. The molecule has 0 bridgehead atoms. The number of nitrogens with one attached hydrogen (secondary N) is 1. The minimum absolute atomic E-state index is 0.0428. The van der Waals surface area contributed by atoms with Gasteiger partial charge in [0.25, 0.3) is 0 Å². The van der Waals surface area contributed by atoms with E-state index in [2.05, 4.69) is 21.8 Å². The Kier molecular flexibility index (Phi) is 3.03. The predicted octanol–water partition coefficient (Wildman–Crippen LogP) is 0.453. The minimum Gasteiger partial charge on any atom is -0.481 e. The fourth-order valence-corrected chi connectivity index (χ4v) is 0.902. The Morgan fingerprint density at radius 3 is 2.93 bits per heavy atom. The van der Waals surface area contributed by atoms with Crippen LogP contribution in [-0.2, 0) is 4.79 Å². The van der Waals surface area contributed by atoms with Crippen LogP contribution in [-0.4, -0.2) is 26.0 Å². The van der Waals surface area contributed by atoms with Gasteiger partial charge in [0, 0.05) is 6.92 Å². The zero-order chi connectivity index (χ0) is 11.4. The first-order valence-electron chi connectivity index (χ1n) is 3.92. The van der Waals surface area contributed by atoms with Crippen molar-refractivity contribution in [3.8, 4) is 11.8 Å². The molecule has 0 unspecified atom stereocenters. The molecule has 0 spiro atoms. The van der Waals surface area contributed by atoms with E-state index in [0.29, 0.717) is 5.82 Å². The Morgan fingerprint density at radius 1 is 1.73 bits per heavy atom. The molecule has 78 valence electrons. The first kappa shape index (κ1) is 10.7. The molecule has 0 aliphatic heterocycles. The molecule has 0 radical (unpaired) electrons. The molecule has 0 fully saturated rings. The number of hydrogen-bond donors (Lipinski definition) is 2. The van der Waals surface area contributed by atoms with Crippen molar-refractivity contribution >= 4 is 11.8 Å². The fourth-order valence-electron chi connectivity index (χ4n) is 0.902. The predicted molar refractivity (Wildman–Crippen MR) is 49.1 cm³/mol. The van der Waals surface area contributed by atoms with Crippen molar-refractivity contribution in [2.45, 2.75) is 13.3 Å². The summed E-state index contributed by atoms with van der Waals surface area (Å²) in [5, 5.41) is 18.8. The number of carboxylic acid groups (broad SMARTS) is 1. The number of carbonyl (C=O) groups is 1. The number of carboxylic acids is 1. The summed E-state index contributed by atoms with van der Waals surface area (Å²) < 4.78 is 0. The summed E-state index contributed by atoms with van der Waals surface area (Å²) in [6.45, 7) is 1.55. The third-order valence-corrected chi connectivity index (χ3v) is 1.43. The maximum Gasteiger partial charge on any atom is 0.356 e. The van der Waals surface area contributed by atoms with E-state index in [1.807, 2.05) is 0 Å². The highest BCUT2D eigenvalue weighted by atomic mass is 16.6. The zero-order valence-corrected chi connectivity index (χ0v) is 7.77. The molecular weight excluding hydrogens is 202 g/mol. The highest BCUT2D eigenvalue weighted by Crippen LogP contribution is 2.12. The maximum absolute atomic E-state index is 10.5. The molecule has 2 N–H and O–H groups in total. The molecule has 1 rings (SSSR count). The monoisotopic (exact) mass is 209 g/mol. The standard InChI is InChI=1S/C8H7N3O4/c1-5-9-6(3-2-4-7(12)13)8(10-5)11(14)15/h4H2,1H3,(H,9,10)(H,12,13). The molecule has 1 heterocycles. The van der Waals surface area contributed by atoms with Crippen molar-refractivity contribution in [1.29, 1.82) is 0 Å². The molecule has 1 aromatic rings. The van der Waals surface area contributed by atoms with Crippen LogP contribution in [0.5, 0.6) is 0 Å². The lowest BCUT2D eigenvalue weighted by Crippen LogP contribution is -1.92. The second-order valence-electron chi connectivity index (χ2n) is 2.65. The van der Waals surface area contributed by atoms with E-state index < -0.39 is 10.9 Å². The summed E-state index contributed by atoms with van der Waals surface area (Å²) in [5.41, 5.74) is -0.0428. The Labute approximate surface area is 84.3 Å². The number of imidazole rings is 1. The summed E-state index contributed by atoms with van der Waals surface area (Å²) >= 11 is 0. The normalized spacial score (nSPS) is 9.13. The smallest absolute Gasteiger partial charge is 0.356 e. The number of aryl methyl sites for hydroxylation is 1. The molecule has 0 saturated heterocycles. The summed E-state index contributed by atoms with van der Waals surface area (Å²) in [6, 6.07) is 0. The van der Waals surface area contributed by atoms with Crippen molar-refractivity contribution in [1.82, 2.24) is 9.97 Å². The number of nitro groups is 1. The van der Waals surface area contributed by atoms with Gasteiger partial charge in [-0.1, -0.05) is 5.92 Å². The minimum atomic E-state index is -1.09. The van der Waals surface area contributed by atoms with Crippen molar-refractivity contribution in [3.63, 3.8) is 0 Å². The van der Waals surface area contributed by atoms with Crippen molar-refractivity contribution in [2.75, 3.05) is 0 Å². The van der Waals surface area contributed by atoms with Crippen LogP contribution < -0.4 is 0 Å². The number of aromatic nitrogens is 2. The molecule has 0 aliphatic carbocycles. The van der Waals surface area contributed by atoms with Crippen LogP contribution in [0.25, 0.3) is 0 Å².